The molecule has 3 atom stereocenters. The van der Waals surface area contributed by atoms with Gasteiger partial charge in [0.2, 0.25) is 0 Å². The molecule has 4 heteroatoms. The van der Waals surface area contributed by atoms with Crippen LogP contribution < -0.4 is 5.32 Å². The summed E-state index contributed by atoms with van der Waals surface area (Å²) >= 11 is 0. The third kappa shape index (κ3) is 3.19. The maximum absolute atomic E-state index is 9.25. The van der Waals surface area contributed by atoms with Crippen LogP contribution in [0.2, 0.25) is 0 Å². The van der Waals surface area contributed by atoms with Gasteiger partial charge < -0.3 is 14.8 Å². The van der Waals surface area contributed by atoms with E-state index < -0.39 is 0 Å². The second kappa shape index (κ2) is 5.81. The highest BCUT2D eigenvalue weighted by atomic mass is 16.5. The van der Waals surface area contributed by atoms with Crippen molar-refractivity contribution in [3.8, 4) is 6.07 Å². The molecule has 0 aromatic carbocycles. The molecule has 0 bridgehead atoms. The molecule has 3 unspecified atom stereocenters. The standard InChI is InChI=1S/C13H22N2O2/c1-15-13(10-14)5-2-3-12(7-13)17-9-11-4-6-16-8-11/h11-12,15H,2-9H2,1H3. The molecule has 1 saturated carbocycles. The highest BCUT2D eigenvalue weighted by Gasteiger charge is 2.35. The van der Waals surface area contributed by atoms with E-state index in [1.54, 1.807) is 0 Å². The summed E-state index contributed by atoms with van der Waals surface area (Å²) in [4.78, 5) is 0. The smallest absolute Gasteiger partial charge is 0.109 e. The van der Waals surface area contributed by atoms with Gasteiger partial charge in [-0.2, -0.15) is 5.26 Å². The van der Waals surface area contributed by atoms with Crippen molar-refractivity contribution in [3.05, 3.63) is 0 Å². The van der Waals surface area contributed by atoms with Gasteiger partial charge in [0.05, 0.1) is 25.4 Å². The normalized spacial score (nSPS) is 37.9. The summed E-state index contributed by atoms with van der Waals surface area (Å²) in [7, 11) is 1.87. The third-order valence-corrected chi connectivity index (χ3v) is 3.99. The fourth-order valence-electron chi connectivity index (χ4n) is 2.74. The molecule has 0 aromatic rings. The Bertz CT molecular complexity index is 284. The van der Waals surface area contributed by atoms with Crippen molar-refractivity contribution < 1.29 is 9.47 Å². The van der Waals surface area contributed by atoms with Crippen LogP contribution in [0.15, 0.2) is 0 Å². The lowest BCUT2D eigenvalue weighted by atomic mass is 9.81. The maximum Gasteiger partial charge on any atom is 0.109 e. The third-order valence-electron chi connectivity index (χ3n) is 3.99. The van der Waals surface area contributed by atoms with Crippen molar-refractivity contribution in [2.45, 2.75) is 43.7 Å². The Morgan fingerprint density at radius 3 is 3.06 bits per heavy atom. The highest BCUT2D eigenvalue weighted by molar-refractivity contribution is 5.09. The fourth-order valence-corrected chi connectivity index (χ4v) is 2.74. The zero-order chi connectivity index (χ0) is 12.1. The van der Waals surface area contributed by atoms with Crippen molar-refractivity contribution in [2.75, 3.05) is 26.9 Å². The lowest BCUT2D eigenvalue weighted by Crippen LogP contribution is -2.47. The van der Waals surface area contributed by atoms with E-state index in [1.807, 2.05) is 7.05 Å². The van der Waals surface area contributed by atoms with Gasteiger partial charge in [0.15, 0.2) is 0 Å². The van der Waals surface area contributed by atoms with Gasteiger partial charge in [0.25, 0.3) is 0 Å². The van der Waals surface area contributed by atoms with Crippen LogP contribution in [-0.2, 0) is 9.47 Å². The summed E-state index contributed by atoms with van der Waals surface area (Å²) < 4.78 is 11.3. The van der Waals surface area contributed by atoms with Crippen LogP contribution in [0.1, 0.15) is 32.1 Å². The van der Waals surface area contributed by atoms with Gasteiger partial charge in [-0.15, -0.1) is 0 Å². The van der Waals surface area contributed by atoms with E-state index >= 15 is 0 Å². The number of nitrogens with zero attached hydrogens (tertiary/aromatic N) is 1. The maximum atomic E-state index is 9.25. The van der Waals surface area contributed by atoms with E-state index in [4.69, 9.17) is 9.47 Å². The first-order valence-electron chi connectivity index (χ1n) is 6.57. The lowest BCUT2D eigenvalue weighted by molar-refractivity contribution is -0.00870. The second-order valence-corrected chi connectivity index (χ2v) is 5.23. The number of rotatable bonds is 4. The van der Waals surface area contributed by atoms with Gasteiger partial charge in [-0.1, -0.05) is 0 Å². The summed E-state index contributed by atoms with van der Waals surface area (Å²) in [5.74, 6) is 0.558. The quantitative estimate of drug-likeness (QED) is 0.805. The molecule has 17 heavy (non-hydrogen) atoms. The van der Waals surface area contributed by atoms with Crippen LogP contribution in [0.5, 0.6) is 0 Å². The van der Waals surface area contributed by atoms with Crippen LogP contribution in [0, 0.1) is 17.2 Å². The van der Waals surface area contributed by atoms with Crippen LogP contribution in [0.25, 0.3) is 0 Å². The van der Waals surface area contributed by atoms with E-state index in [-0.39, 0.29) is 11.6 Å². The fraction of sp³-hybridized carbons (Fsp3) is 0.923. The molecule has 1 aliphatic carbocycles. The second-order valence-electron chi connectivity index (χ2n) is 5.23. The van der Waals surface area contributed by atoms with E-state index in [1.165, 1.54) is 0 Å². The van der Waals surface area contributed by atoms with Crippen molar-refractivity contribution in [1.29, 1.82) is 5.26 Å². The first kappa shape index (κ1) is 12.8. The summed E-state index contributed by atoms with van der Waals surface area (Å²) in [5.41, 5.74) is -0.366. The summed E-state index contributed by atoms with van der Waals surface area (Å²) in [5, 5.41) is 12.4. The molecule has 1 heterocycles. The molecule has 0 radical (unpaired) electrons. The molecule has 0 amide bonds. The molecule has 4 nitrogen and oxygen atoms in total. The van der Waals surface area contributed by atoms with Crippen molar-refractivity contribution >= 4 is 0 Å². The van der Waals surface area contributed by atoms with Crippen molar-refractivity contribution in [2.24, 2.45) is 5.92 Å². The Morgan fingerprint density at radius 2 is 2.41 bits per heavy atom. The number of hydrogen-bond donors (Lipinski definition) is 1. The Kier molecular flexibility index (Phi) is 4.38. The minimum atomic E-state index is -0.366. The van der Waals surface area contributed by atoms with E-state index in [0.29, 0.717) is 5.92 Å². The predicted molar refractivity (Wildman–Crippen MR) is 64.5 cm³/mol. The van der Waals surface area contributed by atoms with Gasteiger partial charge in [-0.3, -0.25) is 0 Å². The Labute approximate surface area is 103 Å². The first-order chi connectivity index (χ1) is 8.28. The number of hydrogen-bond acceptors (Lipinski definition) is 4. The molecule has 1 N–H and O–H groups in total. The van der Waals surface area contributed by atoms with Crippen LogP contribution >= 0.6 is 0 Å². The monoisotopic (exact) mass is 238 g/mol. The first-order valence-corrected chi connectivity index (χ1v) is 6.57. The van der Waals surface area contributed by atoms with Crippen LogP contribution in [-0.4, -0.2) is 38.5 Å². The SMILES string of the molecule is CNC1(C#N)CCCC(OCC2CCOC2)C1. The zero-order valence-electron chi connectivity index (χ0n) is 10.6. The molecule has 0 spiro atoms. The molecule has 1 saturated heterocycles. The Morgan fingerprint density at radius 1 is 1.53 bits per heavy atom. The van der Waals surface area contributed by atoms with Crippen molar-refractivity contribution in [3.63, 3.8) is 0 Å². The molecule has 1 aliphatic heterocycles. The molecule has 2 rings (SSSR count). The molecular weight excluding hydrogens is 216 g/mol. The summed E-state index contributed by atoms with van der Waals surface area (Å²) in [6.07, 6.45) is 5.25. The molecule has 0 aromatic heterocycles. The lowest BCUT2D eigenvalue weighted by Gasteiger charge is -2.35. The van der Waals surface area contributed by atoms with Crippen LogP contribution in [0.3, 0.4) is 0 Å². The Balaban J connectivity index is 1.79. The molecule has 96 valence electrons. The summed E-state index contributed by atoms with van der Waals surface area (Å²) in [6.45, 7) is 2.50. The summed E-state index contributed by atoms with van der Waals surface area (Å²) in [6, 6.07) is 2.41. The van der Waals surface area contributed by atoms with Gasteiger partial charge in [-0.05, 0) is 32.7 Å². The average molecular weight is 238 g/mol. The average Bonchev–Trinajstić information content (AvgIpc) is 2.90. The number of nitriles is 1. The minimum absolute atomic E-state index is 0.233. The zero-order valence-corrected chi connectivity index (χ0v) is 10.6. The Hall–Kier alpha value is -0.630. The van der Waals surface area contributed by atoms with Gasteiger partial charge in [0.1, 0.15) is 5.54 Å². The highest BCUT2D eigenvalue weighted by Crippen LogP contribution is 2.30. The predicted octanol–water partition coefficient (Wildman–Crippen LogP) is 1.46. The van der Waals surface area contributed by atoms with E-state index in [9.17, 15) is 5.26 Å². The molecule has 2 aliphatic rings. The largest absolute Gasteiger partial charge is 0.381 e. The topological polar surface area (TPSA) is 54.3 Å². The molecule has 2 fully saturated rings. The molecular formula is C13H22N2O2. The van der Waals surface area contributed by atoms with Crippen LogP contribution in [0.4, 0.5) is 0 Å². The van der Waals surface area contributed by atoms with Gasteiger partial charge >= 0.3 is 0 Å². The number of nitrogens with one attached hydrogen (secondary N) is 1. The number of ether oxygens (including phenoxy) is 2. The van der Waals surface area contributed by atoms with E-state index in [2.05, 4.69) is 11.4 Å². The van der Waals surface area contributed by atoms with Gasteiger partial charge in [-0.25, -0.2) is 0 Å². The van der Waals surface area contributed by atoms with E-state index in [0.717, 1.165) is 51.9 Å². The van der Waals surface area contributed by atoms with Crippen molar-refractivity contribution in [1.82, 2.24) is 5.32 Å². The van der Waals surface area contributed by atoms with Gasteiger partial charge in [0, 0.05) is 18.9 Å². The minimum Gasteiger partial charge on any atom is -0.381 e.